The molecule has 2 aromatic rings. The van der Waals surface area contributed by atoms with Crippen molar-refractivity contribution in [3.63, 3.8) is 0 Å². The zero-order valence-corrected chi connectivity index (χ0v) is 11.1. The summed E-state index contributed by atoms with van der Waals surface area (Å²) >= 11 is 0. The smallest absolute Gasteiger partial charge is 0.411 e. The van der Waals surface area contributed by atoms with E-state index in [1.54, 1.807) is 18.2 Å². The summed E-state index contributed by atoms with van der Waals surface area (Å²) in [6, 6.07) is 5.12. The number of anilines is 1. The topological polar surface area (TPSA) is 107 Å². The molecule has 4 N–H and O–H groups in total. The van der Waals surface area contributed by atoms with Crippen LogP contribution in [0.1, 0.15) is 30.1 Å². The lowest BCUT2D eigenvalue weighted by molar-refractivity contribution is 0.0954. The minimum atomic E-state index is -1.21. The lowest BCUT2D eigenvalue weighted by Crippen LogP contribution is -2.24. The number of carbonyl (C=O) groups is 2. The summed E-state index contributed by atoms with van der Waals surface area (Å²) in [6.45, 7) is 2.65. The lowest BCUT2D eigenvalue weighted by Gasteiger charge is -2.04. The predicted octanol–water partition coefficient (Wildman–Crippen LogP) is 2.18. The van der Waals surface area contributed by atoms with Gasteiger partial charge in [0.2, 0.25) is 5.95 Å². The van der Waals surface area contributed by atoms with Crippen molar-refractivity contribution in [2.45, 2.75) is 19.8 Å². The first-order valence-electron chi connectivity index (χ1n) is 6.38. The van der Waals surface area contributed by atoms with Crippen LogP contribution in [0.4, 0.5) is 10.7 Å². The summed E-state index contributed by atoms with van der Waals surface area (Å²) < 4.78 is 0. The van der Waals surface area contributed by atoms with Gasteiger partial charge in [-0.1, -0.05) is 19.4 Å². The highest BCUT2D eigenvalue weighted by Gasteiger charge is 2.13. The lowest BCUT2D eigenvalue weighted by atomic mass is 10.1. The normalized spacial score (nSPS) is 10.4. The number of fused-ring (bicyclic) bond motifs is 1. The van der Waals surface area contributed by atoms with E-state index in [1.165, 1.54) is 0 Å². The van der Waals surface area contributed by atoms with Crippen LogP contribution >= 0.6 is 0 Å². The first-order valence-corrected chi connectivity index (χ1v) is 6.38. The van der Waals surface area contributed by atoms with Gasteiger partial charge in [0.1, 0.15) is 5.52 Å². The first kappa shape index (κ1) is 13.9. The van der Waals surface area contributed by atoms with Gasteiger partial charge in [-0.3, -0.25) is 10.1 Å². The maximum atomic E-state index is 12.1. The van der Waals surface area contributed by atoms with Crippen molar-refractivity contribution in [2.75, 3.05) is 11.9 Å². The van der Waals surface area contributed by atoms with E-state index in [9.17, 15) is 9.59 Å². The van der Waals surface area contributed by atoms with Crippen LogP contribution in [0, 0.1) is 0 Å². The molecule has 20 heavy (non-hydrogen) atoms. The van der Waals surface area contributed by atoms with E-state index in [4.69, 9.17) is 5.11 Å². The number of nitrogens with zero attached hydrogens (tertiary/aromatic N) is 1. The molecular formula is C13H16N4O3. The second-order valence-electron chi connectivity index (χ2n) is 4.33. The third-order valence-electron chi connectivity index (χ3n) is 2.80. The SMILES string of the molecule is CCCCNC(=O)c1cccc2[nH]c(NC(=O)O)nc12. The minimum Gasteiger partial charge on any atom is -0.465 e. The summed E-state index contributed by atoms with van der Waals surface area (Å²) in [5.41, 5.74) is 1.48. The number of aromatic nitrogens is 2. The Hall–Kier alpha value is -2.57. The molecule has 106 valence electrons. The molecule has 0 fully saturated rings. The van der Waals surface area contributed by atoms with Gasteiger partial charge in [0.05, 0.1) is 11.1 Å². The fourth-order valence-electron chi connectivity index (χ4n) is 1.85. The van der Waals surface area contributed by atoms with Gasteiger partial charge in [-0.25, -0.2) is 9.78 Å². The molecule has 0 atom stereocenters. The molecule has 0 unspecified atom stereocenters. The molecule has 0 spiro atoms. The molecule has 0 aliphatic heterocycles. The number of nitrogens with one attached hydrogen (secondary N) is 3. The summed E-state index contributed by atoms with van der Waals surface area (Å²) in [7, 11) is 0. The highest BCUT2D eigenvalue weighted by Crippen LogP contribution is 2.18. The fourth-order valence-corrected chi connectivity index (χ4v) is 1.85. The standard InChI is InChI=1S/C13H16N4O3/c1-2-3-7-14-11(18)8-5-4-6-9-10(8)16-12(15-9)17-13(19)20/h4-6H,2-3,7H2,1H3,(H,14,18)(H,19,20)(H2,15,16,17). The molecule has 2 amide bonds. The number of imidazole rings is 1. The first-order chi connectivity index (χ1) is 9.61. The molecule has 1 aromatic carbocycles. The van der Waals surface area contributed by atoms with Crippen LogP contribution in [0.5, 0.6) is 0 Å². The Morgan fingerprint density at radius 1 is 1.40 bits per heavy atom. The van der Waals surface area contributed by atoms with Crippen LogP contribution < -0.4 is 10.6 Å². The molecular weight excluding hydrogens is 260 g/mol. The Morgan fingerprint density at radius 2 is 2.20 bits per heavy atom. The average molecular weight is 276 g/mol. The van der Waals surface area contributed by atoms with Crippen molar-refractivity contribution in [3.05, 3.63) is 23.8 Å². The van der Waals surface area contributed by atoms with E-state index in [0.717, 1.165) is 12.8 Å². The number of benzene rings is 1. The van der Waals surface area contributed by atoms with Crippen LogP contribution in [0.2, 0.25) is 0 Å². The molecule has 0 aliphatic carbocycles. The van der Waals surface area contributed by atoms with E-state index in [0.29, 0.717) is 23.1 Å². The van der Waals surface area contributed by atoms with Gasteiger partial charge >= 0.3 is 6.09 Å². The Kier molecular flexibility index (Phi) is 4.19. The number of hydrogen-bond donors (Lipinski definition) is 4. The third kappa shape index (κ3) is 3.05. The van der Waals surface area contributed by atoms with Gasteiger partial charge in [-0.15, -0.1) is 0 Å². The number of amides is 2. The maximum absolute atomic E-state index is 12.1. The van der Waals surface area contributed by atoms with Gasteiger partial charge < -0.3 is 15.4 Å². The average Bonchev–Trinajstić information content (AvgIpc) is 2.79. The van der Waals surface area contributed by atoms with Crippen molar-refractivity contribution in [3.8, 4) is 0 Å². The second kappa shape index (κ2) is 6.05. The molecule has 7 heteroatoms. The van der Waals surface area contributed by atoms with Crippen molar-refractivity contribution in [1.82, 2.24) is 15.3 Å². The number of unbranched alkanes of at least 4 members (excludes halogenated alkanes) is 1. The molecule has 0 radical (unpaired) electrons. The number of para-hydroxylation sites is 1. The van der Waals surface area contributed by atoms with Crippen molar-refractivity contribution in [1.29, 1.82) is 0 Å². The van der Waals surface area contributed by atoms with Gasteiger partial charge in [-0.2, -0.15) is 0 Å². The number of rotatable bonds is 5. The zero-order chi connectivity index (χ0) is 14.5. The van der Waals surface area contributed by atoms with Gasteiger partial charge in [0.25, 0.3) is 5.91 Å². The van der Waals surface area contributed by atoms with Crippen molar-refractivity contribution < 1.29 is 14.7 Å². The van der Waals surface area contributed by atoms with Crippen molar-refractivity contribution >= 4 is 29.0 Å². The quantitative estimate of drug-likeness (QED) is 0.628. The molecule has 2 rings (SSSR count). The van der Waals surface area contributed by atoms with Crippen LogP contribution in [0.3, 0.4) is 0 Å². The number of carbonyl (C=O) groups excluding carboxylic acids is 1. The van der Waals surface area contributed by atoms with Crippen LogP contribution in [-0.2, 0) is 0 Å². The fraction of sp³-hybridized carbons (Fsp3) is 0.308. The minimum absolute atomic E-state index is 0.0984. The molecule has 0 bridgehead atoms. The number of carboxylic acid groups (broad SMARTS) is 1. The summed E-state index contributed by atoms with van der Waals surface area (Å²) in [4.78, 5) is 29.6. The Labute approximate surface area is 115 Å². The van der Waals surface area contributed by atoms with Crippen LogP contribution in [-0.4, -0.2) is 33.6 Å². The van der Waals surface area contributed by atoms with Gasteiger partial charge in [0.15, 0.2) is 0 Å². The summed E-state index contributed by atoms with van der Waals surface area (Å²) in [5, 5.41) is 13.6. The number of aromatic amines is 1. The van der Waals surface area contributed by atoms with E-state index < -0.39 is 6.09 Å². The molecule has 1 aromatic heterocycles. The second-order valence-corrected chi connectivity index (χ2v) is 4.33. The van der Waals surface area contributed by atoms with Gasteiger partial charge in [0, 0.05) is 6.54 Å². The Bertz CT molecular complexity index is 636. The van der Waals surface area contributed by atoms with E-state index in [2.05, 4.69) is 20.6 Å². The molecule has 1 heterocycles. The Morgan fingerprint density at radius 3 is 2.90 bits per heavy atom. The molecule has 0 aliphatic rings. The van der Waals surface area contributed by atoms with E-state index in [1.807, 2.05) is 6.92 Å². The Balaban J connectivity index is 2.26. The molecule has 7 nitrogen and oxygen atoms in total. The summed E-state index contributed by atoms with van der Waals surface area (Å²) in [6.07, 6.45) is 0.700. The maximum Gasteiger partial charge on any atom is 0.411 e. The molecule has 0 saturated heterocycles. The number of hydrogen-bond acceptors (Lipinski definition) is 3. The largest absolute Gasteiger partial charge is 0.465 e. The molecule has 0 saturated carbocycles. The predicted molar refractivity (Wildman–Crippen MR) is 75.0 cm³/mol. The van der Waals surface area contributed by atoms with E-state index >= 15 is 0 Å². The highest BCUT2D eigenvalue weighted by atomic mass is 16.4. The summed E-state index contributed by atoms with van der Waals surface area (Å²) in [5.74, 6) is -0.112. The van der Waals surface area contributed by atoms with Crippen molar-refractivity contribution in [2.24, 2.45) is 0 Å². The third-order valence-corrected chi connectivity index (χ3v) is 2.80. The van der Waals surface area contributed by atoms with E-state index in [-0.39, 0.29) is 11.9 Å². The monoisotopic (exact) mass is 276 g/mol. The number of H-pyrrole nitrogens is 1. The zero-order valence-electron chi connectivity index (χ0n) is 11.1. The highest BCUT2D eigenvalue weighted by molar-refractivity contribution is 6.05. The van der Waals surface area contributed by atoms with Crippen LogP contribution in [0.25, 0.3) is 11.0 Å². The van der Waals surface area contributed by atoms with Crippen LogP contribution in [0.15, 0.2) is 18.2 Å². The van der Waals surface area contributed by atoms with Gasteiger partial charge in [-0.05, 0) is 18.6 Å².